The zero-order valence-corrected chi connectivity index (χ0v) is 8.90. The van der Waals surface area contributed by atoms with E-state index >= 15 is 0 Å². The molecule has 0 saturated carbocycles. The number of carbonyl (C=O) groups is 1. The first-order chi connectivity index (χ1) is 7.75. The van der Waals surface area contributed by atoms with E-state index in [4.69, 9.17) is 0 Å². The largest absolute Gasteiger partial charge is 0.348 e. The van der Waals surface area contributed by atoms with Crippen molar-refractivity contribution in [1.29, 1.82) is 0 Å². The van der Waals surface area contributed by atoms with Crippen LogP contribution in [0.4, 0.5) is 0 Å². The molecule has 0 aromatic carbocycles. The van der Waals surface area contributed by atoms with Crippen LogP contribution in [0.25, 0.3) is 0 Å². The van der Waals surface area contributed by atoms with E-state index in [1.807, 2.05) is 0 Å². The maximum atomic E-state index is 11.8. The highest BCUT2D eigenvalue weighted by molar-refractivity contribution is 5.92. The summed E-state index contributed by atoms with van der Waals surface area (Å²) in [6, 6.07) is 4.76. The quantitative estimate of drug-likeness (QED) is 0.733. The average Bonchev–Trinajstić information content (AvgIpc) is 2.30. The molecule has 2 rings (SSSR count). The first-order valence-electron chi connectivity index (χ1n) is 5.41. The van der Waals surface area contributed by atoms with Gasteiger partial charge in [-0.05, 0) is 25.3 Å². The summed E-state index contributed by atoms with van der Waals surface area (Å²) in [5.41, 5.74) is 0.0678. The Morgan fingerprint density at radius 3 is 2.94 bits per heavy atom. The van der Waals surface area contributed by atoms with E-state index < -0.39 is 0 Å². The van der Waals surface area contributed by atoms with Gasteiger partial charge in [-0.1, -0.05) is 18.2 Å². The lowest BCUT2D eigenvalue weighted by Crippen LogP contribution is -2.36. The second kappa shape index (κ2) is 4.79. The number of aromatic nitrogens is 1. The van der Waals surface area contributed by atoms with Crippen molar-refractivity contribution in [2.24, 2.45) is 0 Å². The molecule has 84 valence electrons. The van der Waals surface area contributed by atoms with Gasteiger partial charge in [-0.25, -0.2) is 0 Å². The van der Waals surface area contributed by atoms with Gasteiger partial charge in [-0.2, -0.15) is 0 Å². The maximum Gasteiger partial charge on any atom is 0.268 e. The van der Waals surface area contributed by atoms with Crippen LogP contribution in [0.15, 0.2) is 35.1 Å². The summed E-state index contributed by atoms with van der Waals surface area (Å²) >= 11 is 0. The van der Waals surface area contributed by atoms with E-state index in [0.29, 0.717) is 5.69 Å². The fourth-order valence-corrected chi connectivity index (χ4v) is 1.77. The summed E-state index contributed by atoms with van der Waals surface area (Å²) in [6.07, 6.45) is 7.01. The van der Waals surface area contributed by atoms with Crippen molar-refractivity contribution in [3.05, 3.63) is 46.4 Å². The summed E-state index contributed by atoms with van der Waals surface area (Å²) in [5, 5.41) is 2.90. The van der Waals surface area contributed by atoms with E-state index in [9.17, 15) is 9.59 Å². The molecule has 1 heterocycles. The van der Waals surface area contributed by atoms with Crippen molar-refractivity contribution < 1.29 is 4.79 Å². The topological polar surface area (TPSA) is 62.0 Å². The predicted molar refractivity (Wildman–Crippen MR) is 61.3 cm³/mol. The SMILES string of the molecule is O=C(NC1CC=CCC1)c1cccc(=O)[nH]1. The number of nitrogens with one attached hydrogen (secondary N) is 2. The Bertz CT molecular complexity index is 462. The smallest absolute Gasteiger partial charge is 0.268 e. The van der Waals surface area contributed by atoms with Gasteiger partial charge in [0.05, 0.1) is 0 Å². The molecule has 0 spiro atoms. The van der Waals surface area contributed by atoms with Gasteiger partial charge in [-0.15, -0.1) is 0 Å². The van der Waals surface area contributed by atoms with Crippen LogP contribution in [0.5, 0.6) is 0 Å². The molecule has 0 saturated heterocycles. The summed E-state index contributed by atoms with van der Waals surface area (Å²) in [5.74, 6) is -0.210. The third kappa shape index (κ3) is 2.59. The van der Waals surface area contributed by atoms with Gasteiger partial charge in [-0.3, -0.25) is 9.59 Å². The van der Waals surface area contributed by atoms with Crippen LogP contribution in [0.1, 0.15) is 29.8 Å². The third-order valence-corrected chi connectivity index (χ3v) is 2.62. The fraction of sp³-hybridized carbons (Fsp3) is 0.333. The monoisotopic (exact) mass is 218 g/mol. The van der Waals surface area contributed by atoms with Crippen LogP contribution in [-0.4, -0.2) is 16.9 Å². The van der Waals surface area contributed by atoms with E-state index in [2.05, 4.69) is 22.5 Å². The molecule has 1 aliphatic rings. The Labute approximate surface area is 93.4 Å². The fourth-order valence-electron chi connectivity index (χ4n) is 1.77. The van der Waals surface area contributed by atoms with Crippen molar-refractivity contribution >= 4 is 5.91 Å². The molecule has 2 N–H and O–H groups in total. The van der Waals surface area contributed by atoms with E-state index in [0.717, 1.165) is 19.3 Å². The average molecular weight is 218 g/mol. The second-order valence-corrected chi connectivity index (χ2v) is 3.88. The van der Waals surface area contributed by atoms with Gasteiger partial charge in [0.25, 0.3) is 5.91 Å². The Hall–Kier alpha value is -1.84. The van der Waals surface area contributed by atoms with Crippen molar-refractivity contribution in [2.75, 3.05) is 0 Å². The van der Waals surface area contributed by atoms with Crippen LogP contribution in [0.3, 0.4) is 0 Å². The lowest BCUT2D eigenvalue weighted by Gasteiger charge is -2.19. The molecular formula is C12H14N2O2. The Morgan fingerprint density at radius 2 is 2.25 bits per heavy atom. The van der Waals surface area contributed by atoms with Crippen molar-refractivity contribution in [1.82, 2.24) is 10.3 Å². The number of H-pyrrole nitrogens is 1. The minimum Gasteiger partial charge on any atom is -0.348 e. The standard InChI is InChI=1S/C12H14N2O2/c15-11-8-4-7-10(14-11)12(16)13-9-5-2-1-3-6-9/h1-2,4,7-9H,3,5-6H2,(H,13,16)(H,14,15). The van der Waals surface area contributed by atoms with Gasteiger partial charge in [0.2, 0.25) is 5.56 Å². The highest BCUT2D eigenvalue weighted by atomic mass is 16.2. The van der Waals surface area contributed by atoms with Crippen LogP contribution in [-0.2, 0) is 0 Å². The number of hydrogen-bond donors (Lipinski definition) is 2. The second-order valence-electron chi connectivity index (χ2n) is 3.88. The number of rotatable bonds is 2. The predicted octanol–water partition coefficient (Wildman–Crippen LogP) is 1.21. The summed E-state index contributed by atoms with van der Waals surface area (Å²) in [7, 11) is 0. The molecular weight excluding hydrogens is 204 g/mol. The normalized spacial score (nSPS) is 19.4. The van der Waals surface area contributed by atoms with E-state index in [1.165, 1.54) is 6.07 Å². The van der Waals surface area contributed by atoms with Crippen LogP contribution in [0, 0.1) is 0 Å². The molecule has 0 aliphatic heterocycles. The number of hydrogen-bond acceptors (Lipinski definition) is 2. The molecule has 1 unspecified atom stereocenters. The van der Waals surface area contributed by atoms with Crippen LogP contribution >= 0.6 is 0 Å². The lowest BCUT2D eigenvalue weighted by molar-refractivity contribution is 0.0929. The molecule has 0 bridgehead atoms. The maximum absolute atomic E-state index is 11.8. The zero-order chi connectivity index (χ0) is 11.4. The van der Waals surface area contributed by atoms with Crippen molar-refractivity contribution in [3.63, 3.8) is 0 Å². The number of aromatic amines is 1. The van der Waals surface area contributed by atoms with E-state index in [-0.39, 0.29) is 17.5 Å². The Balaban J connectivity index is 2.02. The summed E-state index contributed by atoms with van der Waals surface area (Å²) in [6.45, 7) is 0. The summed E-state index contributed by atoms with van der Waals surface area (Å²) in [4.78, 5) is 25.3. The number of pyridine rings is 1. The third-order valence-electron chi connectivity index (χ3n) is 2.62. The minimum atomic E-state index is -0.254. The van der Waals surface area contributed by atoms with Gasteiger partial charge in [0, 0.05) is 12.1 Å². The van der Waals surface area contributed by atoms with Gasteiger partial charge < -0.3 is 10.3 Å². The van der Waals surface area contributed by atoms with Gasteiger partial charge in [0.15, 0.2) is 0 Å². The van der Waals surface area contributed by atoms with E-state index in [1.54, 1.807) is 12.1 Å². The Kier molecular flexibility index (Phi) is 3.19. The zero-order valence-electron chi connectivity index (χ0n) is 8.90. The number of amides is 1. The molecule has 0 radical (unpaired) electrons. The number of carbonyl (C=O) groups excluding carboxylic acids is 1. The molecule has 16 heavy (non-hydrogen) atoms. The highest BCUT2D eigenvalue weighted by Crippen LogP contribution is 2.10. The highest BCUT2D eigenvalue weighted by Gasteiger charge is 2.14. The van der Waals surface area contributed by atoms with Crippen LogP contribution in [0.2, 0.25) is 0 Å². The van der Waals surface area contributed by atoms with Gasteiger partial charge >= 0.3 is 0 Å². The molecule has 4 nitrogen and oxygen atoms in total. The van der Waals surface area contributed by atoms with Gasteiger partial charge in [0.1, 0.15) is 5.69 Å². The molecule has 1 aromatic heterocycles. The molecule has 1 amide bonds. The summed E-state index contributed by atoms with van der Waals surface area (Å²) < 4.78 is 0. The molecule has 1 aromatic rings. The Morgan fingerprint density at radius 1 is 1.38 bits per heavy atom. The van der Waals surface area contributed by atoms with Crippen molar-refractivity contribution in [2.45, 2.75) is 25.3 Å². The number of allylic oxidation sites excluding steroid dienone is 1. The molecule has 1 atom stereocenters. The first kappa shape index (κ1) is 10.7. The minimum absolute atomic E-state index is 0.182. The molecule has 0 fully saturated rings. The molecule has 4 heteroatoms. The van der Waals surface area contributed by atoms with Crippen molar-refractivity contribution in [3.8, 4) is 0 Å². The lowest BCUT2D eigenvalue weighted by atomic mass is 10.0. The first-order valence-corrected chi connectivity index (χ1v) is 5.41. The molecule has 1 aliphatic carbocycles. The van der Waals surface area contributed by atoms with Crippen LogP contribution < -0.4 is 10.9 Å².